The van der Waals surface area contributed by atoms with Crippen LogP contribution in [0.2, 0.25) is 0 Å². The highest BCUT2D eigenvalue weighted by atomic mass is 19.1. The van der Waals surface area contributed by atoms with E-state index < -0.39 is 5.91 Å². The molecule has 0 unspecified atom stereocenters. The Morgan fingerprint density at radius 2 is 2.05 bits per heavy atom. The minimum atomic E-state index is -0.531. The number of primary amides is 1. The molecule has 4 heteroatoms. The maximum atomic E-state index is 13.3. The van der Waals surface area contributed by atoms with Crippen LogP contribution < -0.4 is 10.5 Å². The number of hydrogen-bond donors (Lipinski definition) is 1. The molecule has 2 N–H and O–H groups in total. The summed E-state index contributed by atoms with van der Waals surface area (Å²) in [5, 5.41) is 0. The zero-order valence-electron chi connectivity index (χ0n) is 10.2. The van der Waals surface area contributed by atoms with Gasteiger partial charge in [-0.2, -0.15) is 0 Å². The Bertz CT molecular complexity index is 667. The lowest BCUT2D eigenvalue weighted by atomic mass is 9.98. The Morgan fingerprint density at radius 3 is 2.79 bits per heavy atom. The third-order valence-electron chi connectivity index (χ3n) is 3.21. The highest BCUT2D eigenvalue weighted by molar-refractivity contribution is 5.97. The molecule has 1 aliphatic heterocycles. The second-order valence-corrected chi connectivity index (χ2v) is 4.49. The number of nitrogens with two attached hydrogens (primary N) is 1. The standard InChI is InChI=1S/C15H12FNO2/c16-12-3-1-2-9(7-12)11-6-10-4-5-19-14(10)13(8-11)15(17)18/h1-3,6-8H,4-5H2,(H2,17,18). The van der Waals surface area contributed by atoms with Crippen molar-refractivity contribution < 1.29 is 13.9 Å². The molecule has 2 aromatic rings. The summed E-state index contributed by atoms with van der Waals surface area (Å²) in [4.78, 5) is 11.5. The average molecular weight is 257 g/mol. The van der Waals surface area contributed by atoms with Gasteiger partial charge in [-0.1, -0.05) is 12.1 Å². The van der Waals surface area contributed by atoms with E-state index in [1.165, 1.54) is 12.1 Å². The molecule has 0 saturated heterocycles. The van der Waals surface area contributed by atoms with Crippen LogP contribution in [0.15, 0.2) is 36.4 Å². The smallest absolute Gasteiger partial charge is 0.252 e. The monoisotopic (exact) mass is 257 g/mol. The second kappa shape index (κ2) is 4.39. The summed E-state index contributed by atoms with van der Waals surface area (Å²) in [7, 11) is 0. The Morgan fingerprint density at radius 1 is 1.21 bits per heavy atom. The highest BCUT2D eigenvalue weighted by Crippen LogP contribution is 2.34. The van der Waals surface area contributed by atoms with Crippen molar-refractivity contribution >= 4 is 5.91 Å². The number of carbonyl (C=O) groups is 1. The molecule has 0 fully saturated rings. The zero-order valence-corrected chi connectivity index (χ0v) is 10.2. The lowest BCUT2D eigenvalue weighted by Crippen LogP contribution is -2.12. The Labute approximate surface area is 109 Å². The first-order valence-electron chi connectivity index (χ1n) is 6.00. The van der Waals surface area contributed by atoms with E-state index in [-0.39, 0.29) is 5.82 Å². The molecule has 3 rings (SSSR count). The summed E-state index contributed by atoms with van der Waals surface area (Å²) in [6.45, 7) is 0.544. The summed E-state index contributed by atoms with van der Waals surface area (Å²) in [5.74, 6) is -0.279. The van der Waals surface area contributed by atoms with Crippen LogP contribution in [-0.2, 0) is 6.42 Å². The third kappa shape index (κ3) is 2.05. The van der Waals surface area contributed by atoms with E-state index in [0.717, 1.165) is 23.1 Å². The molecular weight excluding hydrogens is 245 g/mol. The largest absolute Gasteiger partial charge is 0.492 e. The molecule has 0 spiro atoms. The number of benzene rings is 2. The summed E-state index contributed by atoms with van der Waals surface area (Å²) >= 11 is 0. The first-order valence-corrected chi connectivity index (χ1v) is 6.00. The maximum absolute atomic E-state index is 13.3. The van der Waals surface area contributed by atoms with E-state index in [0.29, 0.717) is 17.9 Å². The molecule has 0 atom stereocenters. The third-order valence-corrected chi connectivity index (χ3v) is 3.21. The fourth-order valence-corrected chi connectivity index (χ4v) is 2.33. The second-order valence-electron chi connectivity index (χ2n) is 4.49. The van der Waals surface area contributed by atoms with Crippen molar-refractivity contribution in [2.45, 2.75) is 6.42 Å². The van der Waals surface area contributed by atoms with Gasteiger partial charge >= 0.3 is 0 Å². The summed E-state index contributed by atoms with van der Waals surface area (Å²) in [6, 6.07) is 9.83. The van der Waals surface area contributed by atoms with Crippen molar-refractivity contribution in [2.24, 2.45) is 5.73 Å². The minimum Gasteiger partial charge on any atom is -0.492 e. The van der Waals surface area contributed by atoms with E-state index in [2.05, 4.69) is 0 Å². The van der Waals surface area contributed by atoms with Crippen LogP contribution in [0.1, 0.15) is 15.9 Å². The SMILES string of the molecule is NC(=O)c1cc(-c2cccc(F)c2)cc2c1OCC2. The van der Waals surface area contributed by atoms with Crippen molar-refractivity contribution in [3.63, 3.8) is 0 Å². The van der Waals surface area contributed by atoms with Gasteiger partial charge < -0.3 is 10.5 Å². The van der Waals surface area contributed by atoms with Gasteiger partial charge in [-0.15, -0.1) is 0 Å². The van der Waals surface area contributed by atoms with Gasteiger partial charge in [-0.25, -0.2) is 4.39 Å². The van der Waals surface area contributed by atoms with Crippen LogP contribution in [0, 0.1) is 5.82 Å². The Hall–Kier alpha value is -2.36. The molecule has 3 nitrogen and oxygen atoms in total. The van der Waals surface area contributed by atoms with Crippen molar-refractivity contribution in [1.29, 1.82) is 0 Å². The molecule has 0 radical (unpaired) electrons. The van der Waals surface area contributed by atoms with Crippen molar-refractivity contribution in [3.8, 4) is 16.9 Å². The Balaban J connectivity index is 2.18. The molecule has 1 heterocycles. The molecule has 0 saturated carbocycles. The van der Waals surface area contributed by atoms with Crippen LogP contribution in [0.25, 0.3) is 11.1 Å². The molecule has 0 aliphatic carbocycles. The van der Waals surface area contributed by atoms with Crippen LogP contribution in [-0.4, -0.2) is 12.5 Å². The van der Waals surface area contributed by atoms with Crippen molar-refractivity contribution in [2.75, 3.05) is 6.61 Å². The normalized spacial score (nSPS) is 12.9. The summed E-state index contributed by atoms with van der Waals surface area (Å²) in [6.07, 6.45) is 0.735. The number of carbonyl (C=O) groups excluding carboxylic acids is 1. The Kier molecular flexibility index (Phi) is 2.71. The lowest BCUT2D eigenvalue weighted by Gasteiger charge is -2.09. The number of rotatable bonds is 2. The van der Waals surface area contributed by atoms with Crippen molar-refractivity contribution in [3.05, 3.63) is 53.3 Å². The minimum absolute atomic E-state index is 0.310. The topological polar surface area (TPSA) is 52.3 Å². The molecule has 0 aromatic heterocycles. The molecule has 96 valence electrons. The molecule has 2 aromatic carbocycles. The highest BCUT2D eigenvalue weighted by Gasteiger charge is 2.21. The fraction of sp³-hybridized carbons (Fsp3) is 0.133. The maximum Gasteiger partial charge on any atom is 0.252 e. The average Bonchev–Trinajstić information content (AvgIpc) is 2.85. The summed E-state index contributed by atoms with van der Waals surface area (Å²) in [5.41, 5.74) is 8.16. The number of hydrogen-bond acceptors (Lipinski definition) is 2. The van der Waals surface area contributed by atoms with E-state index in [4.69, 9.17) is 10.5 Å². The lowest BCUT2D eigenvalue weighted by molar-refractivity contribution is 0.0997. The quantitative estimate of drug-likeness (QED) is 0.898. The number of fused-ring (bicyclic) bond motifs is 1. The first-order chi connectivity index (χ1) is 9.15. The molecular formula is C15H12FNO2. The van der Waals surface area contributed by atoms with Crippen LogP contribution in [0.5, 0.6) is 5.75 Å². The van der Waals surface area contributed by atoms with E-state index in [9.17, 15) is 9.18 Å². The van der Waals surface area contributed by atoms with Gasteiger partial charge in [-0.3, -0.25) is 4.79 Å². The number of ether oxygens (including phenoxy) is 1. The molecule has 1 aliphatic rings. The fourth-order valence-electron chi connectivity index (χ4n) is 2.33. The van der Waals surface area contributed by atoms with Gasteiger partial charge in [0.05, 0.1) is 12.2 Å². The molecule has 1 amide bonds. The van der Waals surface area contributed by atoms with Gasteiger partial charge in [0.25, 0.3) is 5.91 Å². The zero-order chi connectivity index (χ0) is 13.4. The van der Waals surface area contributed by atoms with Gasteiger partial charge in [0.2, 0.25) is 0 Å². The van der Waals surface area contributed by atoms with Crippen LogP contribution in [0.4, 0.5) is 4.39 Å². The van der Waals surface area contributed by atoms with Gasteiger partial charge in [0.15, 0.2) is 0 Å². The van der Waals surface area contributed by atoms with E-state index in [1.54, 1.807) is 18.2 Å². The van der Waals surface area contributed by atoms with Crippen LogP contribution >= 0.6 is 0 Å². The summed E-state index contributed by atoms with van der Waals surface area (Å²) < 4.78 is 18.7. The van der Waals surface area contributed by atoms with E-state index in [1.807, 2.05) is 6.07 Å². The predicted molar refractivity (Wildman–Crippen MR) is 69.6 cm³/mol. The molecule has 19 heavy (non-hydrogen) atoms. The van der Waals surface area contributed by atoms with Crippen molar-refractivity contribution in [1.82, 2.24) is 0 Å². The van der Waals surface area contributed by atoms with Crippen LogP contribution in [0.3, 0.4) is 0 Å². The molecule has 0 bridgehead atoms. The number of amides is 1. The predicted octanol–water partition coefficient (Wildman–Crippen LogP) is 2.53. The van der Waals surface area contributed by atoms with E-state index >= 15 is 0 Å². The van der Waals surface area contributed by atoms with Gasteiger partial charge in [0.1, 0.15) is 11.6 Å². The van der Waals surface area contributed by atoms with Gasteiger partial charge in [-0.05, 0) is 41.0 Å². The number of halogens is 1. The first kappa shape index (κ1) is 11.7. The van der Waals surface area contributed by atoms with Gasteiger partial charge in [0, 0.05) is 6.42 Å².